The number of para-hydroxylation sites is 3. The van der Waals surface area contributed by atoms with Crippen LogP contribution in [0.1, 0.15) is 36.7 Å². The number of halogens is 1. The molecule has 6 heteroatoms. The summed E-state index contributed by atoms with van der Waals surface area (Å²) in [6.45, 7) is 7.22. The molecule has 0 saturated heterocycles. The van der Waals surface area contributed by atoms with E-state index >= 15 is 0 Å². The third-order valence-electron chi connectivity index (χ3n) is 5.63. The smallest absolute Gasteiger partial charge is 0.148 e. The highest BCUT2D eigenvalue weighted by Gasteiger charge is 2.16. The molecule has 0 aliphatic rings. The van der Waals surface area contributed by atoms with Crippen molar-refractivity contribution < 1.29 is 14.6 Å². The molecule has 33 heavy (non-hydrogen) atoms. The summed E-state index contributed by atoms with van der Waals surface area (Å²) in [7, 11) is 0. The molecule has 3 aromatic carbocycles. The highest BCUT2D eigenvalue weighted by atomic mass is 35.5. The average molecular weight is 465 g/mol. The lowest BCUT2D eigenvalue weighted by atomic mass is 9.98. The first-order valence-corrected chi connectivity index (χ1v) is 11.5. The van der Waals surface area contributed by atoms with Crippen LogP contribution < -0.4 is 9.47 Å². The molecular weight excluding hydrogens is 436 g/mol. The van der Waals surface area contributed by atoms with Crippen molar-refractivity contribution in [1.29, 1.82) is 0 Å². The zero-order valence-corrected chi connectivity index (χ0v) is 19.9. The Kier molecular flexibility index (Phi) is 7.21. The first-order chi connectivity index (χ1) is 15.9. The van der Waals surface area contributed by atoms with Crippen LogP contribution in [-0.4, -0.2) is 27.4 Å². The molecule has 0 radical (unpaired) electrons. The van der Waals surface area contributed by atoms with E-state index in [-0.39, 0.29) is 6.61 Å². The maximum absolute atomic E-state index is 10.7. The van der Waals surface area contributed by atoms with Gasteiger partial charge in [0.15, 0.2) is 0 Å². The van der Waals surface area contributed by atoms with Gasteiger partial charge >= 0.3 is 0 Å². The summed E-state index contributed by atoms with van der Waals surface area (Å²) in [5.41, 5.74) is 4.33. The molecule has 4 rings (SSSR count). The molecule has 4 aromatic rings. The summed E-state index contributed by atoms with van der Waals surface area (Å²) in [6, 6.07) is 21.3. The standard InChI is InChI=1S/C27H29ClN2O3/c1-18(2)22-13-12-21(14-19(22)3)32-17-27-29-24-9-5-6-10-25(24)30(27)15-20(31)16-33-26-11-7-4-8-23(26)28/h4-14,18,20,31H,15-17H2,1-3H3. The summed E-state index contributed by atoms with van der Waals surface area (Å²) in [5, 5.41) is 11.2. The predicted molar refractivity (Wildman–Crippen MR) is 132 cm³/mol. The molecular formula is C27H29ClN2O3. The Morgan fingerprint density at radius 2 is 1.76 bits per heavy atom. The van der Waals surface area contributed by atoms with Crippen molar-refractivity contribution in [2.24, 2.45) is 0 Å². The summed E-state index contributed by atoms with van der Waals surface area (Å²) in [6.07, 6.45) is -0.745. The number of ether oxygens (including phenoxy) is 2. The molecule has 0 saturated carbocycles. The molecule has 5 nitrogen and oxygen atoms in total. The highest BCUT2D eigenvalue weighted by Crippen LogP contribution is 2.26. The Balaban J connectivity index is 1.49. The molecule has 1 aromatic heterocycles. The topological polar surface area (TPSA) is 56.5 Å². The second-order valence-electron chi connectivity index (χ2n) is 8.48. The van der Waals surface area contributed by atoms with E-state index in [1.54, 1.807) is 12.1 Å². The zero-order valence-electron chi connectivity index (χ0n) is 19.2. The third-order valence-corrected chi connectivity index (χ3v) is 5.94. The number of aryl methyl sites for hydroxylation is 1. The van der Waals surface area contributed by atoms with E-state index in [2.05, 4.69) is 32.9 Å². The van der Waals surface area contributed by atoms with Gasteiger partial charge in [0.25, 0.3) is 0 Å². The number of nitrogens with zero attached hydrogens (tertiary/aromatic N) is 2. The maximum Gasteiger partial charge on any atom is 0.148 e. The maximum atomic E-state index is 10.7. The third kappa shape index (κ3) is 5.49. The molecule has 172 valence electrons. The van der Waals surface area contributed by atoms with Gasteiger partial charge in [-0.3, -0.25) is 0 Å². The molecule has 1 atom stereocenters. The Hall–Kier alpha value is -3.02. The average Bonchev–Trinajstić information content (AvgIpc) is 3.14. The van der Waals surface area contributed by atoms with E-state index in [0.717, 1.165) is 22.6 Å². The van der Waals surface area contributed by atoms with E-state index in [4.69, 9.17) is 26.1 Å². The van der Waals surface area contributed by atoms with Crippen molar-refractivity contribution in [3.8, 4) is 11.5 Å². The summed E-state index contributed by atoms with van der Waals surface area (Å²) >= 11 is 6.15. The molecule has 1 unspecified atom stereocenters. The Labute approximate surface area is 199 Å². The van der Waals surface area contributed by atoms with Crippen LogP contribution in [0.25, 0.3) is 11.0 Å². The molecule has 1 heterocycles. The Morgan fingerprint density at radius 1 is 1.00 bits per heavy atom. The van der Waals surface area contributed by atoms with Gasteiger partial charge in [0.2, 0.25) is 0 Å². The van der Waals surface area contributed by atoms with Crippen LogP contribution >= 0.6 is 11.6 Å². The molecule has 0 spiro atoms. The molecule has 1 N–H and O–H groups in total. The van der Waals surface area contributed by atoms with Gasteiger partial charge in [-0.15, -0.1) is 0 Å². The van der Waals surface area contributed by atoms with E-state index in [1.807, 2.05) is 47.0 Å². The molecule has 0 aliphatic heterocycles. The molecule has 0 fully saturated rings. The summed E-state index contributed by atoms with van der Waals surface area (Å²) < 4.78 is 13.8. The highest BCUT2D eigenvalue weighted by molar-refractivity contribution is 6.32. The summed E-state index contributed by atoms with van der Waals surface area (Å²) in [4.78, 5) is 4.75. The fourth-order valence-electron chi connectivity index (χ4n) is 3.98. The minimum atomic E-state index is -0.745. The van der Waals surface area contributed by atoms with E-state index in [0.29, 0.717) is 29.8 Å². The molecule has 0 amide bonds. The molecule has 0 aliphatic carbocycles. The van der Waals surface area contributed by atoms with Crippen molar-refractivity contribution in [1.82, 2.24) is 9.55 Å². The second kappa shape index (κ2) is 10.3. The van der Waals surface area contributed by atoms with E-state index < -0.39 is 6.10 Å². The fraction of sp³-hybridized carbons (Fsp3) is 0.296. The van der Waals surface area contributed by atoms with Crippen LogP contribution in [-0.2, 0) is 13.2 Å². The number of imidazole rings is 1. The first-order valence-electron chi connectivity index (χ1n) is 11.1. The first kappa shape index (κ1) is 23.1. The van der Waals surface area contributed by atoms with Gasteiger partial charge in [-0.2, -0.15) is 0 Å². The minimum Gasteiger partial charge on any atom is -0.489 e. The second-order valence-corrected chi connectivity index (χ2v) is 8.89. The normalized spacial score (nSPS) is 12.3. The Bertz CT molecular complexity index is 1240. The van der Waals surface area contributed by atoms with Gasteiger partial charge in [-0.1, -0.05) is 55.8 Å². The van der Waals surface area contributed by atoms with E-state index in [9.17, 15) is 5.11 Å². The van der Waals surface area contributed by atoms with Crippen LogP contribution in [0.2, 0.25) is 5.02 Å². The van der Waals surface area contributed by atoms with Gasteiger partial charge in [0.1, 0.15) is 36.6 Å². The van der Waals surface area contributed by atoms with Crippen molar-refractivity contribution in [2.45, 2.75) is 45.9 Å². The SMILES string of the molecule is Cc1cc(OCc2nc3ccccc3n2CC(O)COc2ccccc2Cl)ccc1C(C)C. The van der Waals surface area contributed by atoms with Gasteiger partial charge < -0.3 is 19.1 Å². The van der Waals surface area contributed by atoms with Crippen molar-refractivity contribution >= 4 is 22.6 Å². The number of aliphatic hydroxyl groups is 1. The van der Waals surface area contributed by atoms with Crippen LogP contribution in [0.4, 0.5) is 0 Å². The number of benzene rings is 3. The number of hydrogen-bond acceptors (Lipinski definition) is 4. The van der Waals surface area contributed by atoms with Crippen LogP contribution in [0, 0.1) is 6.92 Å². The summed E-state index contributed by atoms with van der Waals surface area (Å²) in [5.74, 6) is 2.58. The van der Waals surface area contributed by atoms with Crippen LogP contribution in [0.15, 0.2) is 66.7 Å². The van der Waals surface area contributed by atoms with Crippen LogP contribution in [0.3, 0.4) is 0 Å². The number of aromatic nitrogens is 2. The number of rotatable bonds is 9. The quantitative estimate of drug-likeness (QED) is 0.323. The number of fused-ring (bicyclic) bond motifs is 1. The fourth-order valence-corrected chi connectivity index (χ4v) is 4.17. The van der Waals surface area contributed by atoms with Crippen molar-refractivity contribution in [2.75, 3.05) is 6.61 Å². The molecule has 0 bridgehead atoms. The van der Waals surface area contributed by atoms with Gasteiger partial charge in [0.05, 0.1) is 22.6 Å². The minimum absolute atomic E-state index is 0.117. The van der Waals surface area contributed by atoms with Gasteiger partial charge in [0, 0.05) is 0 Å². The number of hydrogen-bond donors (Lipinski definition) is 1. The van der Waals surface area contributed by atoms with Crippen LogP contribution in [0.5, 0.6) is 11.5 Å². The van der Waals surface area contributed by atoms with Gasteiger partial charge in [-0.05, 0) is 60.4 Å². The predicted octanol–water partition coefficient (Wildman–Crippen LogP) is 6.14. The number of aliphatic hydroxyl groups excluding tert-OH is 1. The zero-order chi connectivity index (χ0) is 23.4. The van der Waals surface area contributed by atoms with Gasteiger partial charge in [-0.25, -0.2) is 4.98 Å². The monoisotopic (exact) mass is 464 g/mol. The lowest BCUT2D eigenvalue weighted by Gasteiger charge is -2.17. The van der Waals surface area contributed by atoms with Crippen molar-refractivity contribution in [3.63, 3.8) is 0 Å². The van der Waals surface area contributed by atoms with E-state index in [1.165, 1.54) is 11.1 Å². The Morgan fingerprint density at radius 3 is 2.52 bits per heavy atom. The largest absolute Gasteiger partial charge is 0.489 e. The van der Waals surface area contributed by atoms with Crippen molar-refractivity contribution in [3.05, 3.63) is 88.7 Å². The lowest BCUT2D eigenvalue weighted by molar-refractivity contribution is 0.0918. The lowest BCUT2D eigenvalue weighted by Crippen LogP contribution is -2.25.